The second-order valence-electron chi connectivity index (χ2n) is 7.07. The van der Waals surface area contributed by atoms with Crippen molar-refractivity contribution in [2.24, 2.45) is 0 Å². The quantitative estimate of drug-likeness (QED) is 0.378. The number of hydrogen-bond donors (Lipinski definition) is 1. The summed E-state index contributed by atoms with van der Waals surface area (Å²) < 4.78 is 46.1. The minimum atomic E-state index is -4.73. The van der Waals surface area contributed by atoms with E-state index in [4.69, 9.17) is 4.74 Å². The van der Waals surface area contributed by atoms with Crippen LogP contribution in [-0.4, -0.2) is 28.4 Å². The molecule has 168 valence electrons. The van der Waals surface area contributed by atoms with Crippen LogP contribution < -0.4 is 14.8 Å². The fourth-order valence-electron chi connectivity index (χ4n) is 3.19. The Kier molecular flexibility index (Phi) is 6.12. The van der Waals surface area contributed by atoms with Gasteiger partial charge in [0.1, 0.15) is 23.1 Å². The van der Waals surface area contributed by atoms with Crippen molar-refractivity contribution in [1.82, 2.24) is 15.0 Å². The Bertz CT molecular complexity index is 1240. The zero-order valence-corrected chi connectivity index (χ0v) is 17.7. The van der Waals surface area contributed by atoms with E-state index in [1.165, 1.54) is 24.3 Å². The van der Waals surface area contributed by atoms with Crippen molar-refractivity contribution in [2.45, 2.75) is 13.3 Å². The van der Waals surface area contributed by atoms with Crippen molar-refractivity contribution in [3.63, 3.8) is 0 Å². The molecule has 0 spiro atoms. The summed E-state index contributed by atoms with van der Waals surface area (Å²) in [5, 5.41) is 3.08. The highest BCUT2D eigenvalue weighted by atomic mass is 19.4. The minimum Gasteiger partial charge on any atom is -0.497 e. The molecule has 6 nitrogen and oxygen atoms in total. The molecule has 2 aromatic heterocycles. The molecule has 4 aromatic rings. The van der Waals surface area contributed by atoms with Crippen molar-refractivity contribution >= 4 is 11.5 Å². The molecule has 0 aliphatic heterocycles. The molecule has 33 heavy (non-hydrogen) atoms. The highest BCUT2D eigenvalue weighted by Gasteiger charge is 2.30. The Balaban J connectivity index is 1.57. The lowest BCUT2D eigenvalue weighted by Gasteiger charge is -2.11. The van der Waals surface area contributed by atoms with Gasteiger partial charge in [0, 0.05) is 35.3 Å². The van der Waals surface area contributed by atoms with E-state index in [0.717, 1.165) is 22.4 Å². The number of rotatable bonds is 6. The first-order chi connectivity index (χ1) is 15.8. The summed E-state index contributed by atoms with van der Waals surface area (Å²) in [6.07, 6.45) is -1.26. The standard InChI is InChI=1S/C24H19F3N4O2/c1-15-29-22(18-11-17(13-28-14-18)16-3-7-20(32-2)8-4-16)12-23(30-15)31-19-5-9-21(10-6-19)33-24(25,26)27/h3-14H,1-2H3,(H,29,30,31). The highest BCUT2D eigenvalue weighted by Crippen LogP contribution is 2.28. The first kappa shape index (κ1) is 22.1. The molecule has 1 N–H and O–H groups in total. The number of nitrogens with one attached hydrogen (secondary N) is 1. The monoisotopic (exact) mass is 452 g/mol. The van der Waals surface area contributed by atoms with Crippen LogP contribution in [0.2, 0.25) is 0 Å². The van der Waals surface area contributed by atoms with Gasteiger partial charge in [0.15, 0.2) is 0 Å². The smallest absolute Gasteiger partial charge is 0.497 e. The molecule has 0 aliphatic carbocycles. The van der Waals surface area contributed by atoms with E-state index in [0.29, 0.717) is 23.0 Å². The van der Waals surface area contributed by atoms with Crippen LogP contribution in [0.25, 0.3) is 22.4 Å². The number of nitrogens with zero attached hydrogens (tertiary/aromatic N) is 3. The molecule has 0 bridgehead atoms. The summed E-state index contributed by atoms with van der Waals surface area (Å²) in [4.78, 5) is 13.2. The lowest BCUT2D eigenvalue weighted by Crippen LogP contribution is -2.16. The predicted octanol–water partition coefficient (Wildman–Crippen LogP) is 6.16. The second-order valence-corrected chi connectivity index (χ2v) is 7.07. The van der Waals surface area contributed by atoms with Gasteiger partial charge in [-0.15, -0.1) is 13.2 Å². The van der Waals surface area contributed by atoms with Gasteiger partial charge in [0.25, 0.3) is 0 Å². The van der Waals surface area contributed by atoms with E-state index in [1.54, 1.807) is 32.5 Å². The highest BCUT2D eigenvalue weighted by molar-refractivity contribution is 5.72. The number of anilines is 2. The molecule has 2 aromatic carbocycles. The largest absolute Gasteiger partial charge is 0.573 e. The average molecular weight is 452 g/mol. The van der Waals surface area contributed by atoms with E-state index in [2.05, 4.69) is 25.0 Å². The van der Waals surface area contributed by atoms with Gasteiger partial charge in [-0.1, -0.05) is 12.1 Å². The number of hydrogen-bond acceptors (Lipinski definition) is 6. The third-order valence-electron chi connectivity index (χ3n) is 4.66. The Morgan fingerprint density at radius 2 is 1.45 bits per heavy atom. The molecule has 4 rings (SSSR count). The fourth-order valence-corrected chi connectivity index (χ4v) is 3.19. The van der Waals surface area contributed by atoms with Gasteiger partial charge >= 0.3 is 6.36 Å². The van der Waals surface area contributed by atoms with Crippen molar-refractivity contribution in [3.05, 3.63) is 78.9 Å². The van der Waals surface area contributed by atoms with Crippen molar-refractivity contribution in [1.29, 1.82) is 0 Å². The van der Waals surface area contributed by atoms with Crippen LogP contribution in [0, 0.1) is 6.92 Å². The summed E-state index contributed by atoms with van der Waals surface area (Å²) in [5.41, 5.74) is 3.91. The van der Waals surface area contributed by atoms with Crippen LogP contribution in [-0.2, 0) is 0 Å². The van der Waals surface area contributed by atoms with E-state index < -0.39 is 6.36 Å². The maximum atomic E-state index is 12.3. The molecule has 2 heterocycles. The summed E-state index contributed by atoms with van der Waals surface area (Å²) in [7, 11) is 1.62. The summed E-state index contributed by atoms with van der Waals surface area (Å²) >= 11 is 0. The second kappa shape index (κ2) is 9.15. The van der Waals surface area contributed by atoms with Crippen LogP contribution in [0.15, 0.2) is 73.1 Å². The number of benzene rings is 2. The lowest BCUT2D eigenvalue weighted by molar-refractivity contribution is -0.274. The third kappa shape index (κ3) is 5.76. The lowest BCUT2D eigenvalue weighted by atomic mass is 10.0. The van der Waals surface area contributed by atoms with Gasteiger partial charge in [-0.3, -0.25) is 4.98 Å². The van der Waals surface area contributed by atoms with Crippen LogP contribution in [0.3, 0.4) is 0 Å². The van der Waals surface area contributed by atoms with Gasteiger partial charge in [0.05, 0.1) is 12.8 Å². The minimum absolute atomic E-state index is 0.297. The number of methoxy groups -OCH3 is 1. The average Bonchev–Trinajstić information content (AvgIpc) is 2.79. The van der Waals surface area contributed by atoms with E-state index in [1.807, 2.05) is 30.3 Å². The van der Waals surface area contributed by atoms with Crippen LogP contribution in [0.5, 0.6) is 11.5 Å². The van der Waals surface area contributed by atoms with Gasteiger partial charge < -0.3 is 14.8 Å². The zero-order chi connectivity index (χ0) is 23.4. The number of aromatic nitrogens is 3. The molecule has 9 heteroatoms. The van der Waals surface area contributed by atoms with E-state index >= 15 is 0 Å². The normalized spacial score (nSPS) is 11.2. The molecule has 0 saturated carbocycles. The van der Waals surface area contributed by atoms with Crippen LogP contribution in [0.1, 0.15) is 5.82 Å². The predicted molar refractivity (Wildman–Crippen MR) is 118 cm³/mol. The molecule has 0 atom stereocenters. The Hall–Kier alpha value is -4.14. The first-order valence-corrected chi connectivity index (χ1v) is 9.87. The third-order valence-corrected chi connectivity index (χ3v) is 4.66. The molecule has 0 saturated heterocycles. The topological polar surface area (TPSA) is 69.2 Å². The Morgan fingerprint density at radius 1 is 0.788 bits per heavy atom. The number of aryl methyl sites for hydroxylation is 1. The SMILES string of the molecule is COc1ccc(-c2cncc(-c3cc(Nc4ccc(OC(F)(F)F)cc4)nc(C)n3)c2)cc1. The number of pyridine rings is 1. The molecular formula is C24H19F3N4O2. The first-order valence-electron chi connectivity index (χ1n) is 9.87. The van der Waals surface area contributed by atoms with Crippen LogP contribution >= 0.6 is 0 Å². The summed E-state index contributed by atoms with van der Waals surface area (Å²) in [5.74, 6) is 1.50. The van der Waals surface area contributed by atoms with E-state index in [9.17, 15) is 13.2 Å². The molecule has 0 aliphatic rings. The maximum Gasteiger partial charge on any atom is 0.573 e. The van der Waals surface area contributed by atoms with Gasteiger partial charge in [-0.2, -0.15) is 0 Å². The van der Waals surface area contributed by atoms with Crippen molar-refractivity contribution in [2.75, 3.05) is 12.4 Å². The fraction of sp³-hybridized carbons (Fsp3) is 0.125. The molecule has 0 radical (unpaired) electrons. The number of alkyl halides is 3. The number of ether oxygens (including phenoxy) is 2. The van der Waals surface area contributed by atoms with Gasteiger partial charge in [-0.05, 0) is 55.0 Å². The van der Waals surface area contributed by atoms with Crippen molar-refractivity contribution < 1.29 is 22.6 Å². The van der Waals surface area contributed by atoms with Crippen molar-refractivity contribution in [3.8, 4) is 33.9 Å². The summed E-state index contributed by atoms with van der Waals surface area (Å²) in [6.45, 7) is 1.76. The Morgan fingerprint density at radius 3 is 2.12 bits per heavy atom. The molecule has 0 fully saturated rings. The molecule has 0 amide bonds. The maximum absolute atomic E-state index is 12.3. The summed E-state index contributed by atoms with van der Waals surface area (Å²) in [6, 6.07) is 16.8. The molecular weight excluding hydrogens is 433 g/mol. The van der Waals surface area contributed by atoms with E-state index in [-0.39, 0.29) is 5.75 Å². The van der Waals surface area contributed by atoms with Crippen LogP contribution in [0.4, 0.5) is 24.7 Å². The van der Waals surface area contributed by atoms with Gasteiger partial charge in [0.2, 0.25) is 0 Å². The zero-order valence-electron chi connectivity index (χ0n) is 17.7. The Labute approximate surface area is 188 Å². The van der Waals surface area contributed by atoms with Gasteiger partial charge in [-0.25, -0.2) is 9.97 Å². The molecule has 0 unspecified atom stereocenters. The number of halogens is 3.